The Morgan fingerprint density at radius 1 is 1.65 bits per heavy atom. The van der Waals surface area contributed by atoms with E-state index in [0.29, 0.717) is 13.2 Å². The van der Waals surface area contributed by atoms with E-state index < -0.39 is 0 Å². The Morgan fingerprint density at radius 3 is 3.18 bits per heavy atom. The summed E-state index contributed by atoms with van der Waals surface area (Å²) in [5.41, 5.74) is 1.24. The molecule has 5 nitrogen and oxygen atoms in total. The van der Waals surface area contributed by atoms with Gasteiger partial charge in [-0.25, -0.2) is 4.79 Å². The number of ether oxygens (including phenoxy) is 2. The minimum absolute atomic E-state index is 0.0366. The van der Waals surface area contributed by atoms with Crippen LogP contribution in [0.5, 0.6) is 0 Å². The predicted octanol–water partition coefficient (Wildman–Crippen LogP) is 0.762. The van der Waals surface area contributed by atoms with Crippen molar-refractivity contribution < 1.29 is 14.3 Å². The van der Waals surface area contributed by atoms with Crippen LogP contribution in [0.15, 0.2) is 11.6 Å². The molecule has 0 aromatic carbocycles. The van der Waals surface area contributed by atoms with Gasteiger partial charge in [0.05, 0.1) is 12.6 Å². The van der Waals surface area contributed by atoms with E-state index in [1.165, 1.54) is 5.57 Å². The third kappa shape index (κ3) is 2.61. The Bertz CT molecular complexity index is 317. The number of fused-ring (bicyclic) bond motifs is 1. The van der Waals surface area contributed by atoms with E-state index in [1.54, 1.807) is 7.11 Å². The average molecular weight is 240 g/mol. The van der Waals surface area contributed by atoms with E-state index >= 15 is 0 Å². The quantitative estimate of drug-likeness (QED) is 0.737. The molecule has 2 atom stereocenters. The van der Waals surface area contributed by atoms with Crippen LogP contribution in [0.2, 0.25) is 0 Å². The maximum Gasteiger partial charge on any atom is 0.407 e. The van der Waals surface area contributed by atoms with Gasteiger partial charge >= 0.3 is 6.09 Å². The van der Waals surface area contributed by atoms with Crippen LogP contribution in [0, 0.1) is 0 Å². The minimum Gasteiger partial charge on any atom is -0.444 e. The first-order chi connectivity index (χ1) is 8.26. The van der Waals surface area contributed by atoms with Crippen molar-refractivity contribution in [2.24, 2.45) is 0 Å². The fraction of sp³-hybridized carbons (Fsp3) is 0.750. The Hall–Kier alpha value is -1.07. The number of nitrogens with zero attached hydrogens (tertiary/aromatic N) is 1. The van der Waals surface area contributed by atoms with Gasteiger partial charge in [-0.1, -0.05) is 6.08 Å². The van der Waals surface area contributed by atoms with E-state index in [9.17, 15) is 4.79 Å². The molecule has 0 aromatic heterocycles. The molecule has 5 heteroatoms. The molecule has 0 saturated carbocycles. The average Bonchev–Trinajstić information content (AvgIpc) is 2.84. The Labute approximate surface area is 102 Å². The first-order valence-electron chi connectivity index (χ1n) is 6.12. The van der Waals surface area contributed by atoms with Gasteiger partial charge in [0.1, 0.15) is 6.10 Å². The smallest absolute Gasteiger partial charge is 0.407 e. The lowest BCUT2D eigenvalue weighted by Crippen LogP contribution is -2.38. The van der Waals surface area contributed by atoms with E-state index in [-0.39, 0.29) is 18.2 Å². The number of carbonyl (C=O) groups is 1. The molecule has 2 rings (SSSR count). The van der Waals surface area contributed by atoms with E-state index in [2.05, 4.69) is 16.3 Å². The van der Waals surface area contributed by atoms with Gasteiger partial charge in [-0.05, 0) is 18.9 Å². The third-order valence-corrected chi connectivity index (χ3v) is 3.30. The molecule has 2 aliphatic rings. The van der Waals surface area contributed by atoms with Gasteiger partial charge in [-0.2, -0.15) is 0 Å². The molecule has 96 valence electrons. The SMILES string of the molecule is CCNC(=O)O[C@@H]1CCN2CC=C(COC)[C@H]12. The number of nitrogens with one attached hydrogen (secondary N) is 1. The number of rotatable bonds is 4. The van der Waals surface area contributed by atoms with Gasteiger partial charge in [0.15, 0.2) is 0 Å². The van der Waals surface area contributed by atoms with Crippen LogP contribution in [-0.4, -0.2) is 56.5 Å². The van der Waals surface area contributed by atoms with Crippen molar-refractivity contribution in [2.75, 3.05) is 33.4 Å². The van der Waals surface area contributed by atoms with Crippen LogP contribution in [-0.2, 0) is 9.47 Å². The summed E-state index contributed by atoms with van der Waals surface area (Å²) in [7, 11) is 1.69. The second kappa shape index (κ2) is 5.51. The van der Waals surface area contributed by atoms with E-state index in [1.807, 2.05) is 6.92 Å². The molecule has 2 aliphatic heterocycles. The predicted molar refractivity (Wildman–Crippen MR) is 63.9 cm³/mol. The molecule has 0 radical (unpaired) electrons. The molecular formula is C12H20N2O3. The Kier molecular flexibility index (Phi) is 4.02. The van der Waals surface area contributed by atoms with Crippen LogP contribution in [0.3, 0.4) is 0 Å². The van der Waals surface area contributed by atoms with Crippen molar-refractivity contribution in [2.45, 2.75) is 25.5 Å². The maximum atomic E-state index is 11.4. The molecule has 0 bridgehead atoms. The number of hydrogen-bond donors (Lipinski definition) is 1. The maximum absolute atomic E-state index is 11.4. The summed E-state index contributed by atoms with van der Waals surface area (Å²) in [5.74, 6) is 0. The van der Waals surface area contributed by atoms with Crippen molar-refractivity contribution in [3.8, 4) is 0 Å². The Balaban J connectivity index is 1.95. The van der Waals surface area contributed by atoms with Gasteiger partial charge < -0.3 is 14.8 Å². The fourth-order valence-electron chi connectivity index (χ4n) is 2.62. The lowest BCUT2D eigenvalue weighted by molar-refractivity contribution is 0.0823. The van der Waals surface area contributed by atoms with Gasteiger partial charge in [0.25, 0.3) is 0 Å². The van der Waals surface area contributed by atoms with Crippen molar-refractivity contribution >= 4 is 6.09 Å². The zero-order valence-corrected chi connectivity index (χ0v) is 10.4. The third-order valence-electron chi connectivity index (χ3n) is 3.30. The van der Waals surface area contributed by atoms with E-state index in [0.717, 1.165) is 19.5 Å². The second-order valence-corrected chi connectivity index (χ2v) is 4.41. The summed E-state index contributed by atoms with van der Waals surface area (Å²) >= 11 is 0. The standard InChI is InChI=1S/C12H20N2O3/c1-3-13-12(15)17-10-5-7-14-6-4-9(8-16-2)11(10)14/h4,10-11H,3,5-8H2,1-2H3,(H,13,15)/t10-,11-/m1/s1. The number of amides is 1. The summed E-state index contributed by atoms with van der Waals surface area (Å²) in [6.45, 7) is 5.03. The Morgan fingerprint density at radius 2 is 2.47 bits per heavy atom. The topological polar surface area (TPSA) is 50.8 Å². The molecule has 0 aliphatic carbocycles. The molecule has 1 N–H and O–H groups in total. The number of carbonyl (C=O) groups excluding carboxylic acids is 1. The first-order valence-corrected chi connectivity index (χ1v) is 6.12. The molecule has 1 amide bonds. The highest BCUT2D eigenvalue weighted by Gasteiger charge is 2.41. The molecule has 0 spiro atoms. The largest absolute Gasteiger partial charge is 0.444 e. The van der Waals surface area contributed by atoms with Crippen LogP contribution in [0.4, 0.5) is 4.79 Å². The van der Waals surface area contributed by atoms with E-state index in [4.69, 9.17) is 9.47 Å². The van der Waals surface area contributed by atoms with Gasteiger partial charge in [0, 0.05) is 26.7 Å². The highest BCUT2D eigenvalue weighted by Crippen LogP contribution is 2.31. The minimum atomic E-state index is -0.317. The normalized spacial score (nSPS) is 27.8. The zero-order chi connectivity index (χ0) is 12.3. The fourth-order valence-corrected chi connectivity index (χ4v) is 2.62. The molecule has 0 aromatic rings. The first kappa shape index (κ1) is 12.4. The van der Waals surface area contributed by atoms with Crippen molar-refractivity contribution in [1.82, 2.24) is 10.2 Å². The molecule has 1 saturated heterocycles. The van der Waals surface area contributed by atoms with Crippen LogP contribution in [0.1, 0.15) is 13.3 Å². The van der Waals surface area contributed by atoms with Crippen molar-refractivity contribution in [3.63, 3.8) is 0 Å². The molecule has 0 unspecified atom stereocenters. The molecule has 2 heterocycles. The lowest BCUT2D eigenvalue weighted by Gasteiger charge is -2.23. The van der Waals surface area contributed by atoms with Crippen molar-refractivity contribution in [3.05, 3.63) is 11.6 Å². The summed E-state index contributed by atoms with van der Waals surface area (Å²) in [6, 6.07) is 0.220. The van der Waals surface area contributed by atoms with Gasteiger partial charge in [-0.3, -0.25) is 4.90 Å². The highest BCUT2D eigenvalue weighted by molar-refractivity contribution is 5.67. The zero-order valence-electron chi connectivity index (χ0n) is 10.4. The van der Waals surface area contributed by atoms with Crippen LogP contribution < -0.4 is 5.32 Å². The summed E-state index contributed by atoms with van der Waals surface area (Å²) < 4.78 is 10.6. The summed E-state index contributed by atoms with van der Waals surface area (Å²) in [4.78, 5) is 13.8. The van der Waals surface area contributed by atoms with Gasteiger partial charge in [-0.15, -0.1) is 0 Å². The number of alkyl carbamates (subject to hydrolysis) is 1. The van der Waals surface area contributed by atoms with Crippen LogP contribution in [0.25, 0.3) is 0 Å². The lowest BCUT2D eigenvalue weighted by atomic mass is 10.1. The number of methoxy groups -OCH3 is 1. The highest BCUT2D eigenvalue weighted by atomic mass is 16.6. The van der Waals surface area contributed by atoms with Gasteiger partial charge in [0.2, 0.25) is 0 Å². The second-order valence-electron chi connectivity index (χ2n) is 4.41. The van der Waals surface area contributed by atoms with Crippen LogP contribution >= 0.6 is 0 Å². The summed E-state index contributed by atoms with van der Waals surface area (Å²) in [5, 5.41) is 2.67. The number of hydrogen-bond acceptors (Lipinski definition) is 4. The molecule has 17 heavy (non-hydrogen) atoms. The summed E-state index contributed by atoms with van der Waals surface area (Å²) in [6.07, 6.45) is 2.73. The van der Waals surface area contributed by atoms with Crippen molar-refractivity contribution in [1.29, 1.82) is 0 Å². The molecular weight excluding hydrogens is 220 g/mol. The molecule has 1 fully saturated rings. The monoisotopic (exact) mass is 240 g/mol.